The number of hydrazine groups is 1. The molecule has 2 aliphatic heterocycles. The van der Waals surface area contributed by atoms with Gasteiger partial charge in [-0.3, -0.25) is 10.4 Å². The number of aliphatic hydroxyl groups is 3. The van der Waals surface area contributed by atoms with Gasteiger partial charge in [-0.2, -0.15) is 0 Å². The second-order valence-corrected chi connectivity index (χ2v) is 8.17. The van der Waals surface area contributed by atoms with Gasteiger partial charge in [-0.15, -0.1) is 0 Å². The first kappa shape index (κ1) is 20.7. The Balaban J connectivity index is 1.54. The molecule has 2 aliphatic rings. The number of hydrogen-bond donors (Lipinski definition) is 4. The minimum atomic E-state index is -1.05. The number of hydrogen-bond acceptors (Lipinski definition) is 7. The van der Waals surface area contributed by atoms with E-state index in [2.05, 4.69) is 10.4 Å². The molecule has 8 heteroatoms. The molecule has 0 unspecified atom stereocenters. The molecule has 1 saturated heterocycles. The second-order valence-electron chi connectivity index (χ2n) is 8.17. The van der Waals surface area contributed by atoms with Crippen molar-refractivity contribution in [3.05, 3.63) is 71.9 Å². The largest absolute Gasteiger partial charge is 0.392 e. The Labute approximate surface area is 186 Å². The highest BCUT2D eigenvalue weighted by atomic mass is 16.6. The van der Waals surface area contributed by atoms with Gasteiger partial charge in [0.2, 0.25) is 0 Å². The highest BCUT2D eigenvalue weighted by molar-refractivity contribution is 5.77. The zero-order chi connectivity index (χ0) is 22.2. The molecule has 0 spiro atoms. The molecule has 0 saturated carbocycles. The van der Waals surface area contributed by atoms with Crippen molar-refractivity contribution in [3.8, 4) is 11.1 Å². The predicted molar refractivity (Wildman–Crippen MR) is 121 cm³/mol. The monoisotopic (exact) mass is 434 g/mol. The fraction of sp³-hybridized carbons (Fsp3) is 0.292. The Morgan fingerprint density at radius 3 is 2.47 bits per heavy atom. The van der Waals surface area contributed by atoms with Crippen molar-refractivity contribution < 1.29 is 20.1 Å². The molecular weight excluding hydrogens is 408 g/mol. The normalized spacial score (nSPS) is 24.6. The van der Waals surface area contributed by atoms with Crippen molar-refractivity contribution >= 4 is 17.8 Å². The Morgan fingerprint density at radius 2 is 1.81 bits per heavy atom. The number of rotatable bonds is 5. The average molecular weight is 434 g/mol. The number of benzene rings is 2. The summed E-state index contributed by atoms with van der Waals surface area (Å²) in [6.45, 7) is 2.27. The van der Waals surface area contributed by atoms with E-state index >= 15 is 0 Å². The maximum absolute atomic E-state index is 10.6. The lowest BCUT2D eigenvalue weighted by molar-refractivity contribution is -0.0308. The Hall–Kier alpha value is -3.17. The van der Waals surface area contributed by atoms with Gasteiger partial charge in [0.25, 0.3) is 0 Å². The molecule has 0 bridgehead atoms. The molecule has 1 aromatic heterocycles. The topological polar surface area (TPSA) is 102 Å². The lowest BCUT2D eigenvalue weighted by Gasteiger charge is -2.26. The van der Waals surface area contributed by atoms with Crippen LogP contribution in [0.2, 0.25) is 0 Å². The van der Waals surface area contributed by atoms with Crippen LogP contribution in [0.25, 0.3) is 11.1 Å². The zero-order valence-electron chi connectivity index (χ0n) is 17.7. The van der Waals surface area contributed by atoms with Gasteiger partial charge in [0, 0.05) is 17.3 Å². The molecule has 0 aliphatic carbocycles. The van der Waals surface area contributed by atoms with E-state index in [1.807, 2.05) is 65.8 Å². The van der Waals surface area contributed by atoms with Gasteiger partial charge in [-0.05, 0) is 30.2 Å². The van der Waals surface area contributed by atoms with E-state index in [1.165, 1.54) is 0 Å². The summed E-state index contributed by atoms with van der Waals surface area (Å²) in [6, 6.07) is 17.5. The van der Waals surface area contributed by atoms with Gasteiger partial charge < -0.3 is 24.6 Å². The number of aliphatic imine (C=N–C) groups is 1. The summed E-state index contributed by atoms with van der Waals surface area (Å²) in [5, 5.41) is 32.1. The van der Waals surface area contributed by atoms with Gasteiger partial charge in [-0.25, -0.2) is 4.99 Å². The fourth-order valence-corrected chi connectivity index (χ4v) is 4.23. The molecule has 5 rings (SSSR count). The van der Waals surface area contributed by atoms with E-state index in [9.17, 15) is 15.3 Å². The van der Waals surface area contributed by atoms with Gasteiger partial charge in [0.05, 0.1) is 24.9 Å². The SMILES string of the molecule is C[C@H]1O[C@@H](n2cc(-c3ccc(CO)cc3)c3c2N=CN(Nc2ccccc2)C3)[C@H](O)[C@@H]1O. The summed E-state index contributed by atoms with van der Waals surface area (Å²) >= 11 is 0. The fourth-order valence-electron chi connectivity index (χ4n) is 4.23. The maximum Gasteiger partial charge on any atom is 0.164 e. The molecule has 8 nitrogen and oxygen atoms in total. The molecule has 2 aromatic carbocycles. The lowest BCUT2D eigenvalue weighted by atomic mass is 10.0. The summed E-state index contributed by atoms with van der Waals surface area (Å²) in [5.41, 5.74) is 8.01. The quantitative estimate of drug-likeness (QED) is 0.493. The molecule has 32 heavy (non-hydrogen) atoms. The molecule has 3 aromatic rings. The maximum atomic E-state index is 10.6. The van der Waals surface area contributed by atoms with Crippen molar-refractivity contribution in [2.45, 2.75) is 44.6 Å². The van der Waals surface area contributed by atoms with Crippen molar-refractivity contribution in [1.82, 2.24) is 9.58 Å². The smallest absolute Gasteiger partial charge is 0.164 e. The molecule has 0 radical (unpaired) electrons. The van der Waals surface area contributed by atoms with Crippen molar-refractivity contribution in [2.75, 3.05) is 5.43 Å². The van der Waals surface area contributed by atoms with Crippen LogP contribution >= 0.6 is 0 Å². The van der Waals surface area contributed by atoms with E-state index in [-0.39, 0.29) is 6.61 Å². The first-order valence-corrected chi connectivity index (χ1v) is 10.6. The van der Waals surface area contributed by atoms with E-state index in [0.717, 1.165) is 27.9 Å². The van der Waals surface area contributed by atoms with Crippen LogP contribution in [0.4, 0.5) is 11.5 Å². The molecule has 0 amide bonds. The van der Waals surface area contributed by atoms with Crippen LogP contribution in [0.5, 0.6) is 0 Å². The van der Waals surface area contributed by atoms with Crippen molar-refractivity contribution in [2.24, 2.45) is 4.99 Å². The van der Waals surface area contributed by atoms with Crippen LogP contribution < -0.4 is 5.43 Å². The molecule has 4 N–H and O–H groups in total. The Bertz CT molecular complexity index is 1110. The molecule has 4 atom stereocenters. The predicted octanol–water partition coefficient (Wildman–Crippen LogP) is 2.79. The summed E-state index contributed by atoms with van der Waals surface area (Å²) in [4.78, 5) is 4.67. The summed E-state index contributed by atoms with van der Waals surface area (Å²) < 4.78 is 7.68. The second kappa shape index (κ2) is 8.40. The number of anilines is 1. The molecule has 1 fully saturated rings. The van der Waals surface area contributed by atoms with E-state index in [0.29, 0.717) is 12.4 Å². The van der Waals surface area contributed by atoms with Crippen LogP contribution in [0.15, 0.2) is 65.8 Å². The molecular formula is C24H26N4O4. The third kappa shape index (κ3) is 3.67. The van der Waals surface area contributed by atoms with E-state index < -0.39 is 24.5 Å². The van der Waals surface area contributed by atoms with Crippen LogP contribution in [-0.4, -0.2) is 49.5 Å². The minimum absolute atomic E-state index is 0.0175. The van der Waals surface area contributed by atoms with Gasteiger partial charge in [-0.1, -0.05) is 42.5 Å². The summed E-state index contributed by atoms with van der Waals surface area (Å²) in [6.07, 6.45) is 0.400. The van der Waals surface area contributed by atoms with Gasteiger partial charge >= 0.3 is 0 Å². The highest BCUT2D eigenvalue weighted by Gasteiger charge is 2.42. The summed E-state index contributed by atoms with van der Waals surface area (Å²) in [5.74, 6) is 0.683. The average Bonchev–Trinajstić information content (AvgIpc) is 3.32. The van der Waals surface area contributed by atoms with Gasteiger partial charge in [0.1, 0.15) is 24.4 Å². The number of para-hydroxylation sites is 1. The summed E-state index contributed by atoms with van der Waals surface area (Å²) in [7, 11) is 0. The number of aromatic nitrogens is 1. The highest BCUT2D eigenvalue weighted by Crippen LogP contribution is 2.41. The zero-order valence-corrected chi connectivity index (χ0v) is 17.7. The van der Waals surface area contributed by atoms with Crippen LogP contribution in [0, 0.1) is 0 Å². The van der Waals surface area contributed by atoms with E-state index in [1.54, 1.807) is 17.8 Å². The van der Waals surface area contributed by atoms with Crippen LogP contribution in [0.3, 0.4) is 0 Å². The number of aliphatic hydroxyl groups excluding tert-OH is 3. The van der Waals surface area contributed by atoms with Gasteiger partial charge in [0.15, 0.2) is 6.23 Å². The third-order valence-corrected chi connectivity index (χ3v) is 6.00. The number of nitrogens with one attached hydrogen (secondary N) is 1. The first-order chi connectivity index (χ1) is 15.5. The minimum Gasteiger partial charge on any atom is -0.392 e. The lowest BCUT2D eigenvalue weighted by Crippen LogP contribution is -2.31. The standard InChI is InChI=1S/C24H26N4O4/c1-15-21(30)22(31)24(32-15)28-12-19(17-9-7-16(13-29)8-10-17)20-11-27(14-25-23(20)28)26-18-5-3-2-4-6-18/h2-10,12,14-15,21-22,24,26,29-31H,11,13H2,1H3/t15-,21-,22-,24-/m1/s1. The number of nitrogens with zero attached hydrogens (tertiary/aromatic N) is 3. The van der Waals surface area contributed by atoms with E-state index in [4.69, 9.17) is 4.74 Å². The van der Waals surface area contributed by atoms with Crippen molar-refractivity contribution in [3.63, 3.8) is 0 Å². The first-order valence-electron chi connectivity index (χ1n) is 10.6. The Morgan fingerprint density at radius 1 is 1.06 bits per heavy atom. The number of fused-ring (bicyclic) bond motifs is 1. The van der Waals surface area contributed by atoms with Crippen LogP contribution in [0.1, 0.15) is 24.3 Å². The molecule has 3 heterocycles. The van der Waals surface area contributed by atoms with Crippen LogP contribution in [-0.2, 0) is 17.9 Å². The number of ether oxygens (including phenoxy) is 1. The third-order valence-electron chi connectivity index (χ3n) is 6.00. The Kier molecular flexibility index (Phi) is 5.44. The molecule has 166 valence electrons. The van der Waals surface area contributed by atoms with Crippen molar-refractivity contribution in [1.29, 1.82) is 0 Å².